The number of nitrogens with zero attached hydrogens (tertiary/aromatic N) is 2. The molecule has 0 bridgehead atoms. The Bertz CT molecular complexity index is 1580. The van der Waals surface area contributed by atoms with Gasteiger partial charge in [-0.15, -0.1) is 11.3 Å². The van der Waals surface area contributed by atoms with Gasteiger partial charge in [0.25, 0.3) is 0 Å². The molecule has 0 N–H and O–H groups in total. The van der Waals surface area contributed by atoms with Gasteiger partial charge >= 0.3 is 13.1 Å². The number of carbonyl (C=O) groups excluding carboxylic acids is 1. The first-order chi connectivity index (χ1) is 20.2. The van der Waals surface area contributed by atoms with Crippen LogP contribution in [0, 0.1) is 0 Å². The highest BCUT2D eigenvalue weighted by Gasteiger charge is 2.53. The number of benzene rings is 3. The minimum Gasteiger partial charge on any atom is -0.465 e. The van der Waals surface area contributed by atoms with Crippen LogP contribution in [0.15, 0.2) is 109 Å². The summed E-state index contributed by atoms with van der Waals surface area (Å²) in [7, 11) is 0.725. The zero-order valence-electron chi connectivity index (χ0n) is 24.4. The standard InChI is InChI=1S/C34H33BN2O4S/c1-32(2)33(3,4)41-35(40-32)27-23-37(36-30(27)28-21-22-29(42-28)31(38)39-5)34(24-15-9-6-10-16-24,25-17-11-7-12-18-25)26-19-13-8-14-20-26/h6-23H,1-5H3. The Morgan fingerprint density at radius 3 is 1.71 bits per heavy atom. The summed E-state index contributed by atoms with van der Waals surface area (Å²) in [6, 6.07) is 34.9. The summed E-state index contributed by atoms with van der Waals surface area (Å²) >= 11 is 1.34. The van der Waals surface area contributed by atoms with Gasteiger partial charge in [0.1, 0.15) is 16.1 Å². The second kappa shape index (κ2) is 10.7. The lowest BCUT2D eigenvalue weighted by Crippen LogP contribution is -2.41. The molecule has 0 aliphatic carbocycles. The molecule has 0 atom stereocenters. The highest BCUT2D eigenvalue weighted by molar-refractivity contribution is 7.17. The smallest absolute Gasteiger partial charge is 0.465 e. The second-order valence-electron chi connectivity index (χ2n) is 11.4. The van der Waals surface area contributed by atoms with E-state index >= 15 is 0 Å². The summed E-state index contributed by atoms with van der Waals surface area (Å²) in [5, 5.41) is 5.34. The molecule has 42 heavy (non-hydrogen) atoms. The van der Waals surface area contributed by atoms with E-state index in [4.69, 9.17) is 19.1 Å². The summed E-state index contributed by atoms with van der Waals surface area (Å²) in [5.41, 5.74) is 2.75. The molecule has 6 rings (SSSR count). The minimum atomic E-state index is -0.817. The van der Waals surface area contributed by atoms with Crippen molar-refractivity contribution in [1.82, 2.24) is 9.78 Å². The Morgan fingerprint density at radius 2 is 1.26 bits per heavy atom. The predicted octanol–water partition coefficient (Wildman–Crippen LogP) is 6.54. The van der Waals surface area contributed by atoms with Crippen molar-refractivity contribution < 1.29 is 18.8 Å². The Labute approximate surface area is 251 Å². The first kappa shape index (κ1) is 28.2. The number of rotatable bonds is 7. The Kier molecular flexibility index (Phi) is 7.17. The van der Waals surface area contributed by atoms with Gasteiger partial charge in [0.15, 0.2) is 0 Å². The molecule has 2 aromatic heterocycles. The van der Waals surface area contributed by atoms with Crippen LogP contribution in [0.25, 0.3) is 10.6 Å². The van der Waals surface area contributed by atoms with Crippen LogP contribution in [0.5, 0.6) is 0 Å². The van der Waals surface area contributed by atoms with E-state index in [0.29, 0.717) is 10.6 Å². The van der Waals surface area contributed by atoms with E-state index in [9.17, 15) is 4.79 Å². The van der Waals surface area contributed by atoms with E-state index in [1.54, 1.807) is 6.07 Å². The molecular weight excluding hydrogens is 543 g/mol. The first-order valence-corrected chi connectivity index (χ1v) is 14.8. The quantitative estimate of drug-likeness (QED) is 0.125. The molecule has 0 unspecified atom stereocenters. The third-order valence-corrected chi connectivity index (χ3v) is 9.47. The molecule has 1 aliphatic heterocycles. The van der Waals surface area contributed by atoms with E-state index in [1.165, 1.54) is 18.4 Å². The summed E-state index contributed by atoms with van der Waals surface area (Å²) in [6.07, 6.45) is 2.04. The van der Waals surface area contributed by atoms with Crippen LogP contribution in [-0.4, -0.2) is 41.2 Å². The fraction of sp³-hybridized carbons (Fsp3) is 0.235. The average molecular weight is 577 g/mol. The zero-order chi connectivity index (χ0) is 29.5. The molecule has 0 saturated carbocycles. The first-order valence-electron chi connectivity index (χ1n) is 14.0. The topological polar surface area (TPSA) is 62.6 Å². The Morgan fingerprint density at radius 1 is 0.786 bits per heavy atom. The van der Waals surface area contributed by atoms with Gasteiger partial charge in [0.2, 0.25) is 0 Å². The van der Waals surface area contributed by atoms with Crippen molar-refractivity contribution in [2.45, 2.75) is 44.4 Å². The van der Waals surface area contributed by atoms with Crippen molar-refractivity contribution in [2.24, 2.45) is 0 Å². The number of aromatic nitrogens is 2. The molecule has 212 valence electrons. The fourth-order valence-corrected chi connectivity index (χ4v) is 6.43. The summed E-state index contributed by atoms with van der Waals surface area (Å²) < 4.78 is 20.2. The summed E-state index contributed by atoms with van der Waals surface area (Å²) in [6.45, 7) is 8.17. The summed E-state index contributed by atoms with van der Waals surface area (Å²) in [4.78, 5) is 13.7. The molecule has 3 aromatic carbocycles. The third kappa shape index (κ3) is 4.60. The van der Waals surface area contributed by atoms with Gasteiger partial charge in [-0.3, -0.25) is 4.68 Å². The minimum absolute atomic E-state index is 0.380. The molecule has 6 nitrogen and oxygen atoms in total. The largest absolute Gasteiger partial charge is 0.498 e. The molecule has 1 aliphatic rings. The van der Waals surface area contributed by atoms with Crippen molar-refractivity contribution in [3.05, 3.63) is 131 Å². The van der Waals surface area contributed by atoms with Gasteiger partial charge in [0, 0.05) is 11.7 Å². The van der Waals surface area contributed by atoms with Gasteiger partial charge in [-0.25, -0.2) is 4.79 Å². The monoisotopic (exact) mass is 576 g/mol. The molecule has 3 heterocycles. The SMILES string of the molecule is COC(=O)c1ccc(-c2nn(C(c3ccccc3)(c3ccccc3)c3ccccc3)cc2B2OC(C)(C)C(C)(C)O2)s1. The van der Waals surface area contributed by atoms with Crippen molar-refractivity contribution in [3.8, 4) is 10.6 Å². The number of methoxy groups -OCH3 is 1. The van der Waals surface area contributed by atoms with Gasteiger partial charge in [-0.1, -0.05) is 91.0 Å². The van der Waals surface area contributed by atoms with Crippen LogP contribution < -0.4 is 5.46 Å². The number of carbonyl (C=O) groups is 1. The number of ether oxygens (including phenoxy) is 1. The maximum absolute atomic E-state index is 12.4. The third-order valence-electron chi connectivity index (χ3n) is 8.39. The van der Waals surface area contributed by atoms with Gasteiger partial charge < -0.3 is 14.0 Å². The summed E-state index contributed by atoms with van der Waals surface area (Å²) in [5.74, 6) is -0.380. The Hall–Kier alpha value is -3.98. The van der Waals surface area contributed by atoms with Crippen molar-refractivity contribution in [3.63, 3.8) is 0 Å². The fourth-order valence-electron chi connectivity index (χ4n) is 5.50. The second-order valence-corrected chi connectivity index (χ2v) is 12.5. The molecule has 1 fully saturated rings. The number of hydrogen-bond donors (Lipinski definition) is 0. The van der Waals surface area contributed by atoms with Crippen molar-refractivity contribution >= 4 is 29.9 Å². The molecular formula is C34H33BN2O4S. The van der Waals surface area contributed by atoms with Crippen LogP contribution in [0.3, 0.4) is 0 Å². The normalized spacial score (nSPS) is 16.0. The van der Waals surface area contributed by atoms with E-state index in [2.05, 4.69) is 72.8 Å². The number of hydrogen-bond acceptors (Lipinski definition) is 6. The number of esters is 1. The van der Waals surface area contributed by atoms with Crippen molar-refractivity contribution in [1.29, 1.82) is 0 Å². The predicted molar refractivity (Wildman–Crippen MR) is 167 cm³/mol. The van der Waals surface area contributed by atoms with Crippen molar-refractivity contribution in [2.75, 3.05) is 7.11 Å². The van der Waals surface area contributed by atoms with Gasteiger partial charge in [-0.05, 0) is 56.5 Å². The molecule has 1 saturated heterocycles. The molecule has 0 radical (unpaired) electrons. The highest BCUT2D eigenvalue weighted by atomic mass is 32.1. The maximum Gasteiger partial charge on any atom is 0.498 e. The zero-order valence-corrected chi connectivity index (χ0v) is 25.2. The number of thiophene rings is 1. The van der Waals surface area contributed by atoms with Gasteiger partial charge in [-0.2, -0.15) is 5.10 Å². The highest BCUT2D eigenvalue weighted by Crippen LogP contribution is 2.42. The van der Waals surface area contributed by atoms with Crippen LogP contribution in [0.1, 0.15) is 54.1 Å². The van der Waals surface area contributed by atoms with E-state index in [0.717, 1.165) is 27.0 Å². The average Bonchev–Trinajstić information content (AvgIpc) is 3.71. The lowest BCUT2D eigenvalue weighted by molar-refractivity contribution is 0.00578. The van der Waals surface area contributed by atoms with E-state index in [-0.39, 0.29) is 5.97 Å². The lowest BCUT2D eigenvalue weighted by Gasteiger charge is -2.36. The van der Waals surface area contributed by atoms with Gasteiger partial charge in [0.05, 0.1) is 23.2 Å². The van der Waals surface area contributed by atoms with Crippen LogP contribution >= 0.6 is 11.3 Å². The maximum atomic E-state index is 12.4. The molecule has 5 aromatic rings. The van der Waals surface area contributed by atoms with Crippen LogP contribution in [-0.2, 0) is 19.6 Å². The molecule has 0 amide bonds. The van der Waals surface area contributed by atoms with E-state index < -0.39 is 23.9 Å². The van der Waals surface area contributed by atoms with E-state index in [1.807, 2.05) is 62.8 Å². The van der Waals surface area contributed by atoms with Crippen LogP contribution in [0.4, 0.5) is 0 Å². The molecule has 0 spiro atoms. The lowest BCUT2D eigenvalue weighted by atomic mass is 9.76. The molecule has 8 heteroatoms. The Balaban J connectivity index is 1.65. The van der Waals surface area contributed by atoms with Crippen LogP contribution in [0.2, 0.25) is 0 Å².